The summed E-state index contributed by atoms with van der Waals surface area (Å²) >= 11 is 0. The van der Waals surface area contributed by atoms with E-state index in [0.717, 1.165) is 19.1 Å². The molecule has 2 aromatic carbocycles. The van der Waals surface area contributed by atoms with E-state index in [2.05, 4.69) is 0 Å². The Morgan fingerprint density at radius 2 is 1.26 bits per heavy atom. The Bertz CT molecular complexity index is 704. The molecular formula is C16H11F3O4. The summed E-state index contributed by atoms with van der Waals surface area (Å²) in [7, 11) is 0. The molecule has 4 nitrogen and oxygen atoms in total. The maximum atomic E-state index is 12.4. The first-order chi connectivity index (χ1) is 10.8. The van der Waals surface area contributed by atoms with Gasteiger partial charge in [-0.1, -0.05) is 0 Å². The Morgan fingerprint density at radius 3 is 1.70 bits per heavy atom. The molecule has 0 atom stereocenters. The van der Waals surface area contributed by atoms with E-state index in [1.807, 2.05) is 0 Å². The van der Waals surface area contributed by atoms with E-state index in [1.165, 1.54) is 36.4 Å². The van der Waals surface area contributed by atoms with Crippen molar-refractivity contribution in [2.45, 2.75) is 13.1 Å². The van der Waals surface area contributed by atoms with Crippen LogP contribution in [-0.2, 0) is 15.8 Å². The molecule has 0 unspecified atom stereocenters. The predicted octanol–water partition coefficient (Wildman–Crippen LogP) is 3.99. The van der Waals surface area contributed by atoms with Crippen LogP contribution in [0.1, 0.15) is 12.5 Å². The first-order valence-electron chi connectivity index (χ1n) is 6.43. The lowest BCUT2D eigenvalue weighted by Crippen LogP contribution is -2.16. The van der Waals surface area contributed by atoms with Gasteiger partial charge in [-0.25, -0.2) is 4.79 Å². The maximum absolute atomic E-state index is 12.4. The van der Waals surface area contributed by atoms with Crippen LogP contribution in [-0.4, -0.2) is 11.8 Å². The molecule has 0 aliphatic carbocycles. The highest BCUT2D eigenvalue weighted by Gasteiger charge is 2.30. The second-order valence-corrected chi connectivity index (χ2v) is 4.54. The minimum atomic E-state index is -4.40. The van der Waals surface area contributed by atoms with E-state index in [4.69, 9.17) is 9.47 Å². The average molecular weight is 324 g/mol. The Balaban J connectivity index is 2.03. The van der Waals surface area contributed by atoms with Gasteiger partial charge in [-0.05, 0) is 48.5 Å². The topological polar surface area (TPSA) is 52.6 Å². The third-order valence-corrected chi connectivity index (χ3v) is 2.74. The lowest BCUT2D eigenvalue weighted by Gasteiger charge is -2.09. The Hall–Kier alpha value is -2.83. The molecule has 0 aromatic heterocycles. The summed E-state index contributed by atoms with van der Waals surface area (Å²) < 4.78 is 47.5. The van der Waals surface area contributed by atoms with E-state index >= 15 is 0 Å². The Kier molecular flexibility index (Phi) is 4.68. The third kappa shape index (κ3) is 4.57. The number of rotatable bonds is 4. The molecular weight excluding hydrogens is 313 g/mol. The first-order valence-corrected chi connectivity index (χ1v) is 6.43. The van der Waals surface area contributed by atoms with Crippen LogP contribution >= 0.6 is 0 Å². The van der Waals surface area contributed by atoms with Crippen LogP contribution < -0.4 is 9.47 Å². The quantitative estimate of drug-likeness (QED) is 0.485. The third-order valence-electron chi connectivity index (χ3n) is 2.74. The fraction of sp³-hybridized carbons (Fsp3) is 0.125. The van der Waals surface area contributed by atoms with Crippen LogP contribution in [0.3, 0.4) is 0 Å². The molecule has 0 bridgehead atoms. The van der Waals surface area contributed by atoms with Gasteiger partial charge in [0.15, 0.2) is 0 Å². The lowest BCUT2D eigenvalue weighted by molar-refractivity contribution is -0.146. The van der Waals surface area contributed by atoms with Gasteiger partial charge in [-0.3, -0.25) is 4.79 Å². The zero-order chi connectivity index (χ0) is 17.0. The van der Waals surface area contributed by atoms with Crippen LogP contribution in [0.15, 0.2) is 48.5 Å². The van der Waals surface area contributed by atoms with E-state index in [0.29, 0.717) is 5.75 Å². The van der Waals surface area contributed by atoms with Crippen molar-refractivity contribution < 1.29 is 32.2 Å². The number of ether oxygens (including phenoxy) is 2. The number of hydrogen-bond acceptors (Lipinski definition) is 4. The predicted molar refractivity (Wildman–Crippen MR) is 74.3 cm³/mol. The van der Waals surface area contributed by atoms with Crippen LogP contribution in [0.25, 0.3) is 0 Å². The number of benzene rings is 2. The molecule has 0 saturated carbocycles. The average Bonchev–Trinajstić information content (AvgIpc) is 2.49. The van der Waals surface area contributed by atoms with E-state index in [9.17, 15) is 22.8 Å². The van der Waals surface area contributed by atoms with Gasteiger partial charge in [0.05, 0.1) is 5.56 Å². The molecule has 0 aliphatic heterocycles. The summed E-state index contributed by atoms with van der Waals surface area (Å²) in [6.07, 6.45) is -4.40. The fourth-order valence-corrected chi connectivity index (χ4v) is 1.60. The van der Waals surface area contributed by atoms with E-state index in [-0.39, 0.29) is 11.5 Å². The number of carbonyl (C=O) groups excluding carboxylic acids is 2. The van der Waals surface area contributed by atoms with Crippen molar-refractivity contribution in [1.82, 2.24) is 0 Å². The van der Waals surface area contributed by atoms with Crippen molar-refractivity contribution in [2.24, 2.45) is 0 Å². The second kappa shape index (κ2) is 6.51. The SMILES string of the molecule is CC(=O)C(=O)Oc1ccc(Oc2ccc(C(F)(F)F)cc2)cc1. The molecule has 7 heteroatoms. The minimum Gasteiger partial charge on any atom is -0.457 e. The summed E-state index contributed by atoms with van der Waals surface area (Å²) in [6, 6.07) is 9.96. The number of hydrogen-bond donors (Lipinski definition) is 0. The molecule has 120 valence electrons. The highest BCUT2D eigenvalue weighted by Crippen LogP contribution is 2.31. The number of ketones is 1. The van der Waals surface area contributed by atoms with Crippen molar-refractivity contribution >= 4 is 11.8 Å². The lowest BCUT2D eigenvalue weighted by atomic mass is 10.2. The van der Waals surface area contributed by atoms with Crippen LogP contribution in [0.4, 0.5) is 13.2 Å². The number of Topliss-reactive ketones (excluding diaryl/α,β-unsaturated/α-hetero) is 1. The van der Waals surface area contributed by atoms with Crippen LogP contribution in [0.2, 0.25) is 0 Å². The van der Waals surface area contributed by atoms with Gasteiger partial charge in [-0.15, -0.1) is 0 Å². The smallest absolute Gasteiger partial charge is 0.416 e. The van der Waals surface area contributed by atoms with Crippen LogP contribution in [0.5, 0.6) is 17.2 Å². The zero-order valence-corrected chi connectivity index (χ0v) is 11.9. The first kappa shape index (κ1) is 16.5. The van der Waals surface area contributed by atoms with Crippen LogP contribution in [0, 0.1) is 0 Å². The van der Waals surface area contributed by atoms with Gasteiger partial charge in [0.2, 0.25) is 5.78 Å². The highest BCUT2D eigenvalue weighted by atomic mass is 19.4. The van der Waals surface area contributed by atoms with Gasteiger partial charge < -0.3 is 9.47 Å². The molecule has 0 N–H and O–H groups in total. The molecule has 2 aromatic rings. The molecule has 0 radical (unpaired) electrons. The van der Waals surface area contributed by atoms with E-state index in [1.54, 1.807) is 0 Å². The zero-order valence-electron chi connectivity index (χ0n) is 11.9. The van der Waals surface area contributed by atoms with Crippen molar-refractivity contribution in [2.75, 3.05) is 0 Å². The Labute approximate surface area is 129 Å². The number of esters is 1. The van der Waals surface area contributed by atoms with Gasteiger partial charge in [0, 0.05) is 6.92 Å². The van der Waals surface area contributed by atoms with Crippen molar-refractivity contribution in [3.63, 3.8) is 0 Å². The Morgan fingerprint density at radius 1 is 0.826 bits per heavy atom. The van der Waals surface area contributed by atoms with Gasteiger partial charge in [0.25, 0.3) is 0 Å². The summed E-state index contributed by atoms with van der Waals surface area (Å²) in [6.45, 7) is 1.09. The van der Waals surface area contributed by atoms with Gasteiger partial charge >= 0.3 is 12.1 Å². The molecule has 0 fully saturated rings. The number of carbonyl (C=O) groups is 2. The van der Waals surface area contributed by atoms with E-state index < -0.39 is 23.5 Å². The molecule has 0 heterocycles. The molecule has 0 saturated heterocycles. The summed E-state index contributed by atoms with van der Waals surface area (Å²) in [4.78, 5) is 21.9. The van der Waals surface area contributed by atoms with Crippen molar-refractivity contribution in [3.8, 4) is 17.2 Å². The molecule has 2 rings (SSSR count). The largest absolute Gasteiger partial charge is 0.457 e. The van der Waals surface area contributed by atoms with Crippen molar-refractivity contribution in [3.05, 3.63) is 54.1 Å². The second-order valence-electron chi connectivity index (χ2n) is 4.54. The monoisotopic (exact) mass is 324 g/mol. The van der Waals surface area contributed by atoms with Gasteiger partial charge in [0.1, 0.15) is 17.2 Å². The summed E-state index contributed by atoms with van der Waals surface area (Å²) in [5, 5.41) is 0. The summed E-state index contributed by atoms with van der Waals surface area (Å²) in [5.74, 6) is -0.986. The number of halogens is 3. The molecule has 0 spiro atoms. The summed E-state index contributed by atoms with van der Waals surface area (Å²) in [5.41, 5.74) is -0.767. The van der Waals surface area contributed by atoms with Crippen molar-refractivity contribution in [1.29, 1.82) is 0 Å². The number of alkyl halides is 3. The molecule has 0 aliphatic rings. The van der Waals surface area contributed by atoms with Gasteiger partial charge in [-0.2, -0.15) is 13.2 Å². The fourth-order valence-electron chi connectivity index (χ4n) is 1.60. The standard InChI is InChI=1S/C16H11F3O4/c1-10(20)15(21)23-14-8-6-13(7-9-14)22-12-4-2-11(3-5-12)16(17,18)19/h2-9H,1H3. The molecule has 23 heavy (non-hydrogen) atoms. The molecule has 0 amide bonds. The normalized spacial score (nSPS) is 11.0. The minimum absolute atomic E-state index is 0.157. The highest BCUT2D eigenvalue weighted by molar-refractivity contribution is 6.33. The maximum Gasteiger partial charge on any atom is 0.416 e.